The molecule has 2 aromatic carbocycles. The molecule has 2 atom stereocenters. The first kappa shape index (κ1) is 16.5. The Morgan fingerprint density at radius 1 is 1.08 bits per heavy atom. The van der Waals surface area contributed by atoms with Gasteiger partial charge in [-0.25, -0.2) is 0 Å². The highest BCUT2D eigenvalue weighted by atomic mass is 32.2. The molecule has 1 unspecified atom stereocenters. The van der Waals surface area contributed by atoms with Gasteiger partial charge in [0.25, 0.3) is 0 Å². The SMILES string of the molecule is [2H]c1c(C)c(C)c(C)c([2H])c1C(C)(c1cccc(C)c1C)[S@](=O)CC(N)=O. The van der Waals surface area contributed by atoms with Crippen LogP contribution in [0.15, 0.2) is 30.3 Å². The topological polar surface area (TPSA) is 60.2 Å². The average molecular weight is 360 g/mol. The van der Waals surface area contributed by atoms with Crippen molar-refractivity contribution in [1.82, 2.24) is 0 Å². The molecule has 2 aromatic rings. The first-order valence-corrected chi connectivity index (χ1v) is 9.57. The van der Waals surface area contributed by atoms with Crippen molar-refractivity contribution >= 4 is 16.7 Å². The van der Waals surface area contributed by atoms with Gasteiger partial charge < -0.3 is 5.73 Å². The summed E-state index contributed by atoms with van der Waals surface area (Å²) in [5.74, 6) is -0.988. The lowest BCUT2D eigenvalue weighted by Gasteiger charge is -2.32. The minimum absolute atomic E-state index is 0.198. The van der Waals surface area contributed by atoms with E-state index in [2.05, 4.69) is 0 Å². The molecule has 0 fully saturated rings. The third kappa shape index (κ3) is 3.54. The monoisotopic (exact) mass is 359 g/mol. The molecule has 134 valence electrons. The summed E-state index contributed by atoms with van der Waals surface area (Å²) in [6.07, 6.45) is 0. The third-order valence-corrected chi connectivity index (χ3v) is 6.96. The number of rotatable bonds is 5. The maximum absolute atomic E-state index is 13.4. The fourth-order valence-corrected chi connectivity index (χ4v) is 4.37. The molecule has 1 amide bonds. The molecular weight excluding hydrogens is 330 g/mol. The van der Waals surface area contributed by atoms with E-state index in [0.29, 0.717) is 5.56 Å². The third-order valence-electron chi connectivity index (χ3n) is 5.07. The van der Waals surface area contributed by atoms with Crippen molar-refractivity contribution in [1.29, 1.82) is 0 Å². The van der Waals surface area contributed by atoms with E-state index in [1.807, 2.05) is 52.8 Å². The van der Waals surface area contributed by atoms with Crippen molar-refractivity contribution in [2.75, 3.05) is 5.75 Å². The number of aryl methyl sites for hydroxylation is 1. The molecule has 25 heavy (non-hydrogen) atoms. The normalized spacial score (nSPS) is 15.9. The largest absolute Gasteiger partial charge is 0.369 e. The lowest BCUT2D eigenvalue weighted by molar-refractivity contribution is -0.115. The average Bonchev–Trinajstić information content (AvgIpc) is 2.59. The van der Waals surface area contributed by atoms with E-state index in [1.54, 1.807) is 6.92 Å². The lowest BCUT2D eigenvalue weighted by Crippen LogP contribution is -2.36. The molecular formula is C21H27NO2S. The quantitative estimate of drug-likeness (QED) is 0.884. The molecule has 0 aliphatic heterocycles. The van der Waals surface area contributed by atoms with E-state index >= 15 is 0 Å². The van der Waals surface area contributed by atoms with E-state index in [1.165, 1.54) is 0 Å². The molecule has 0 heterocycles. The Bertz CT molecular complexity index is 927. The fraction of sp³-hybridized carbons (Fsp3) is 0.381. The van der Waals surface area contributed by atoms with Crippen molar-refractivity contribution in [3.05, 3.63) is 69.2 Å². The Hall–Kier alpha value is -1.94. The van der Waals surface area contributed by atoms with E-state index in [-0.39, 0.29) is 17.8 Å². The first-order valence-electron chi connectivity index (χ1n) is 9.25. The summed E-state index contributed by atoms with van der Waals surface area (Å²) in [5, 5.41) is 0. The van der Waals surface area contributed by atoms with Crippen molar-refractivity contribution < 1.29 is 11.7 Å². The molecule has 0 spiro atoms. The van der Waals surface area contributed by atoms with Crippen LogP contribution < -0.4 is 5.73 Å². The van der Waals surface area contributed by atoms with Gasteiger partial charge >= 0.3 is 0 Å². The molecule has 2 rings (SSSR count). The molecule has 0 aliphatic carbocycles. The summed E-state index contributed by atoms with van der Waals surface area (Å²) in [5.41, 5.74) is 10.8. The number of hydrogen-bond acceptors (Lipinski definition) is 2. The molecule has 0 bridgehead atoms. The van der Waals surface area contributed by atoms with Crippen LogP contribution in [0.5, 0.6) is 0 Å². The van der Waals surface area contributed by atoms with Crippen LogP contribution in [0.2, 0.25) is 0 Å². The van der Waals surface area contributed by atoms with E-state index in [0.717, 1.165) is 33.4 Å². The van der Waals surface area contributed by atoms with Gasteiger partial charge in [0.2, 0.25) is 5.91 Å². The van der Waals surface area contributed by atoms with Crippen LogP contribution in [-0.2, 0) is 20.3 Å². The molecule has 0 saturated carbocycles. The number of benzene rings is 2. The number of amides is 1. The van der Waals surface area contributed by atoms with Crippen molar-refractivity contribution in [3.63, 3.8) is 0 Å². The molecule has 0 saturated heterocycles. The van der Waals surface area contributed by atoms with Gasteiger partial charge in [-0.15, -0.1) is 0 Å². The Labute approximate surface area is 155 Å². The van der Waals surface area contributed by atoms with Crippen molar-refractivity contribution in [2.45, 2.75) is 46.3 Å². The molecule has 3 nitrogen and oxygen atoms in total. The number of hydrogen-bond donors (Lipinski definition) is 1. The highest BCUT2D eigenvalue weighted by Crippen LogP contribution is 2.39. The van der Waals surface area contributed by atoms with Gasteiger partial charge in [-0.2, -0.15) is 0 Å². The second-order valence-electron chi connectivity index (χ2n) is 6.74. The summed E-state index contributed by atoms with van der Waals surface area (Å²) in [6, 6.07) is 6.10. The Balaban J connectivity index is 2.98. The molecule has 0 radical (unpaired) electrons. The Morgan fingerprint density at radius 2 is 1.64 bits per heavy atom. The maximum Gasteiger partial charge on any atom is 0.230 e. The zero-order valence-electron chi connectivity index (χ0n) is 17.7. The fourth-order valence-electron chi connectivity index (χ4n) is 3.03. The van der Waals surface area contributed by atoms with Crippen molar-refractivity contribution in [3.8, 4) is 0 Å². The van der Waals surface area contributed by atoms with Crippen molar-refractivity contribution in [2.24, 2.45) is 5.73 Å². The van der Waals surface area contributed by atoms with E-state index in [4.69, 9.17) is 8.48 Å². The zero-order chi connectivity index (χ0) is 20.7. The summed E-state index contributed by atoms with van der Waals surface area (Å²) < 4.78 is 29.6. The van der Waals surface area contributed by atoms with Crippen LogP contribution in [0.3, 0.4) is 0 Å². The lowest BCUT2D eigenvalue weighted by atomic mass is 9.85. The minimum atomic E-state index is -1.73. The smallest absolute Gasteiger partial charge is 0.230 e. The van der Waals surface area contributed by atoms with Gasteiger partial charge in [0.15, 0.2) is 0 Å². The molecule has 4 heteroatoms. The minimum Gasteiger partial charge on any atom is -0.369 e. The van der Waals surface area contributed by atoms with Gasteiger partial charge in [0.05, 0.1) is 7.49 Å². The predicted molar refractivity (Wildman–Crippen MR) is 105 cm³/mol. The summed E-state index contributed by atoms with van der Waals surface area (Å²) in [6.45, 7) is 11.2. The standard InChI is InChI=1S/C21H27NO2S/c1-13-8-7-9-19(17(13)5)21(6,25(24)12-20(22)23)18-10-14(2)16(4)15(3)11-18/h7-11H,12H2,1-6H3,(H2,22,23)/t21?,25-/m1/s1/i10D,11D. The van der Waals surface area contributed by atoms with E-state index in [9.17, 15) is 9.00 Å². The van der Waals surface area contributed by atoms with Crippen LogP contribution in [0.25, 0.3) is 0 Å². The zero-order valence-corrected chi connectivity index (χ0v) is 16.6. The number of carbonyl (C=O) groups excluding carboxylic acids is 1. The number of nitrogens with two attached hydrogens (primary N) is 1. The number of primary amides is 1. The van der Waals surface area contributed by atoms with Crippen LogP contribution in [0.1, 0.15) is 48.6 Å². The Kier molecular flexibility index (Phi) is 4.71. The Morgan fingerprint density at radius 3 is 2.16 bits per heavy atom. The summed E-state index contributed by atoms with van der Waals surface area (Å²) >= 11 is 0. The second kappa shape index (κ2) is 7.12. The van der Waals surface area contributed by atoms with Crippen LogP contribution >= 0.6 is 0 Å². The summed E-state index contributed by atoms with van der Waals surface area (Å²) in [4.78, 5) is 11.6. The van der Waals surface area contributed by atoms with Crippen LogP contribution in [-0.4, -0.2) is 15.9 Å². The van der Waals surface area contributed by atoms with Gasteiger partial charge in [0.1, 0.15) is 5.75 Å². The van der Waals surface area contributed by atoms with Gasteiger partial charge in [-0.05, 0) is 80.5 Å². The maximum atomic E-state index is 13.4. The number of carbonyl (C=O) groups is 1. The predicted octanol–water partition coefficient (Wildman–Crippen LogP) is 3.73. The van der Waals surface area contributed by atoms with E-state index < -0.39 is 21.5 Å². The van der Waals surface area contributed by atoms with Gasteiger partial charge in [-0.3, -0.25) is 9.00 Å². The molecule has 0 aromatic heterocycles. The van der Waals surface area contributed by atoms with Gasteiger partial charge in [0, 0.05) is 10.8 Å². The highest BCUT2D eigenvalue weighted by molar-refractivity contribution is 7.87. The molecule has 0 aliphatic rings. The second-order valence-corrected chi connectivity index (χ2v) is 8.53. The van der Waals surface area contributed by atoms with Gasteiger partial charge in [-0.1, -0.05) is 30.3 Å². The molecule has 2 N–H and O–H groups in total. The first-order chi connectivity index (χ1) is 12.4. The van der Waals surface area contributed by atoms with Crippen LogP contribution in [0.4, 0.5) is 0 Å². The van der Waals surface area contributed by atoms with Crippen LogP contribution in [0, 0.1) is 34.6 Å². The highest BCUT2D eigenvalue weighted by Gasteiger charge is 2.38. The summed E-state index contributed by atoms with van der Waals surface area (Å²) in [7, 11) is -1.73.